The molecule has 0 radical (unpaired) electrons. The maximum absolute atomic E-state index is 13.5. The van der Waals surface area contributed by atoms with Gasteiger partial charge in [0, 0.05) is 18.4 Å². The van der Waals surface area contributed by atoms with Crippen molar-refractivity contribution in [1.29, 1.82) is 0 Å². The van der Waals surface area contributed by atoms with Gasteiger partial charge in [-0.1, -0.05) is 40.3 Å². The third kappa shape index (κ3) is 7.57. The molecule has 14 heteroatoms. The molecular formula is C29H41F5N6O3. The van der Waals surface area contributed by atoms with Gasteiger partial charge in [0.25, 0.3) is 0 Å². The predicted octanol–water partition coefficient (Wildman–Crippen LogP) is 7.37. The summed E-state index contributed by atoms with van der Waals surface area (Å²) in [6.07, 6.45) is -6.45. The fourth-order valence-corrected chi connectivity index (χ4v) is 3.83. The first-order chi connectivity index (χ1) is 19.2. The van der Waals surface area contributed by atoms with E-state index in [-0.39, 0.29) is 36.5 Å². The first-order valence-electron chi connectivity index (χ1n) is 13.4. The average molecular weight is 617 g/mol. The van der Waals surface area contributed by atoms with E-state index in [1.54, 1.807) is 52.8 Å². The van der Waals surface area contributed by atoms with Crippen LogP contribution in [0.5, 0.6) is 0 Å². The lowest BCUT2D eigenvalue weighted by Gasteiger charge is -2.19. The lowest BCUT2D eigenvalue weighted by Crippen LogP contribution is -2.37. The summed E-state index contributed by atoms with van der Waals surface area (Å²) in [4.78, 5) is 31.1. The van der Waals surface area contributed by atoms with Crippen molar-refractivity contribution in [2.75, 3.05) is 11.1 Å². The topological polar surface area (TPSA) is 136 Å². The number of hydrogen-bond acceptors (Lipinski definition) is 6. The summed E-state index contributed by atoms with van der Waals surface area (Å²) in [5, 5.41) is 15.8. The Morgan fingerprint density at radius 1 is 1.12 bits per heavy atom. The van der Waals surface area contributed by atoms with Crippen molar-refractivity contribution < 1.29 is 36.6 Å². The number of carbonyl (C=O) groups excluding carboxylic acids is 1. The van der Waals surface area contributed by atoms with E-state index in [4.69, 9.17) is 10.8 Å². The number of hydrogen-bond donors (Lipinski definition) is 3. The van der Waals surface area contributed by atoms with Crippen LogP contribution in [0, 0.1) is 12.3 Å². The molecule has 43 heavy (non-hydrogen) atoms. The number of aliphatic carboxylic acids is 1. The zero-order valence-corrected chi connectivity index (χ0v) is 24.9. The summed E-state index contributed by atoms with van der Waals surface area (Å²) in [6, 6.07) is 5.02. The molecule has 3 aromatic rings. The number of carbonyl (C=O) groups is 2. The number of carboxylic acid groups (broad SMARTS) is 1. The van der Waals surface area contributed by atoms with Crippen LogP contribution in [0.25, 0.3) is 22.4 Å². The van der Waals surface area contributed by atoms with E-state index in [1.807, 2.05) is 20.8 Å². The number of anilines is 2. The first-order valence-corrected chi connectivity index (χ1v) is 13.4. The fraction of sp³-hybridized carbons (Fsp3) is 0.552. The quantitative estimate of drug-likeness (QED) is 0.246. The number of benzene rings is 1. The van der Waals surface area contributed by atoms with E-state index in [0.29, 0.717) is 22.9 Å². The highest BCUT2D eigenvalue weighted by molar-refractivity contribution is 6.06. The largest absolute Gasteiger partial charge is 0.481 e. The van der Waals surface area contributed by atoms with Gasteiger partial charge in [-0.05, 0) is 52.7 Å². The van der Waals surface area contributed by atoms with Gasteiger partial charge in [-0.2, -0.15) is 27.1 Å². The first kappa shape index (κ1) is 37.2. The molecule has 4 N–H and O–H groups in total. The number of nitrogens with one attached hydrogen (secondary N) is 1. The summed E-state index contributed by atoms with van der Waals surface area (Å²) in [5.41, 5.74) is 6.29. The molecule has 1 aromatic carbocycles. The molecule has 1 aliphatic rings. The minimum absolute atomic E-state index is 0. The highest BCUT2D eigenvalue weighted by Gasteiger charge is 2.56. The second-order valence-electron chi connectivity index (χ2n) is 10.8. The highest BCUT2D eigenvalue weighted by Crippen LogP contribution is 2.41. The fourth-order valence-electron chi connectivity index (χ4n) is 3.83. The summed E-state index contributed by atoms with van der Waals surface area (Å²) < 4.78 is 65.9. The van der Waals surface area contributed by atoms with Crippen molar-refractivity contribution in [3.63, 3.8) is 0 Å². The van der Waals surface area contributed by atoms with Crippen molar-refractivity contribution in [1.82, 2.24) is 19.7 Å². The van der Waals surface area contributed by atoms with Crippen LogP contribution < -0.4 is 11.1 Å². The molecule has 240 valence electrons. The monoisotopic (exact) mass is 616 g/mol. The molecular weight excluding hydrogens is 575 g/mol. The van der Waals surface area contributed by atoms with Crippen LogP contribution in [0.4, 0.5) is 33.6 Å². The van der Waals surface area contributed by atoms with Gasteiger partial charge in [-0.15, -0.1) is 0 Å². The minimum Gasteiger partial charge on any atom is -0.481 e. The van der Waals surface area contributed by atoms with Gasteiger partial charge in [-0.25, -0.2) is 9.97 Å². The summed E-state index contributed by atoms with van der Waals surface area (Å²) in [7, 11) is 0. The Labute approximate surface area is 248 Å². The van der Waals surface area contributed by atoms with Crippen LogP contribution in [0.1, 0.15) is 79.9 Å². The van der Waals surface area contributed by atoms with Gasteiger partial charge in [0.1, 0.15) is 17.3 Å². The van der Waals surface area contributed by atoms with E-state index in [9.17, 15) is 31.5 Å². The number of nitrogen functional groups attached to an aromatic ring is 1. The number of alkyl halides is 5. The number of rotatable bonds is 6. The molecule has 3 heterocycles. The van der Waals surface area contributed by atoms with Crippen LogP contribution in [0.3, 0.4) is 0 Å². The highest BCUT2D eigenvalue weighted by atomic mass is 19.4. The third-order valence-corrected chi connectivity index (χ3v) is 7.00. The zero-order chi connectivity index (χ0) is 32.4. The Morgan fingerprint density at radius 3 is 2.19 bits per heavy atom. The van der Waals surface area contributed by atoms with Crippen molar-refractivity contribution in [2.45, 2.75) is 99.7 Å². The Hall–Kier alpha value is -3.84. The number of amides is 1. The van der Waals surface area contributed by atoms with Gasteiger partial charge in [0.05, 0.1) is 21.9 Å². The smallest absolute Gasteiger partial charge is 0.453 e. The van der Waals surface area contributed by atoms with Crippen molar-refractivity contribution in [2.24, 2.45) is 5.41 Å². The SMILES string of the molecule is C.CC.CCC(C)(C)C(=O)O.Cc1ccc2c(-c3nc(N)c4c(n3)NC(=O)C4(C)C)nn(CCC(F)(F)C(F)(F)F)c2c1. The van der Waals surface area contributed by atoms with Crippen LogP contribution in [-0.2, 0) is 21.5 Å². The van der Waals surface area contributed by atoms with Crippen LogP contribution >= 0.6 is 0 Å². The normalized spacial score (nSPS) is 14.0. The van der Waals surface area contributed by atoms with Crippen molar-refractivity contribution in [3.05, 3.63) is 29.3 Å². The van der Waals surface area contributed by atoms with Crippen LogP contribution in [0.15, 0.2) is 18.2 Å². The van der Waals surface area contributed by atoms with Gasteiger partial charge in [0.15, 0.2) is 5.82 Å². The molecule has 0 spiro atoms. The Kier molecular flexibility index (Phi) is 11.4. The lowest BCUT2D eigenvalue weighted by molar-refractivity contribution is -0.285. The van der Waals surface area contributed by atoms with Gasteiger partial charge < -0.3 is 16.2 Å². The molecule has 0 aliphatic carbocycles. The number of aromatic nitrogens is 4. The molecule has 0 atom stereocenters. The van der Waals surface area contributed by atoms with Gasteiger partial charge in [-0.3, -0.25) is 14.3 Å². The van der Waals surface area contributed by atoms with Crippen molar-refractivity contribution >= 4 is 34.4 Å². The second-order valence-corrected chi connectivity index (χ2v) is 10.8. The summed E-state index contributed by atoms with van der Waals surface area (Å²) in [6.45, 7) is 13.7. The predicted molar refractivity (Wildman–Crippen MR) is 157 cm³/mol. The van der Waals surface area contributed by atoms with E-state index >= 15 is 0 Å². The number of nitrogens with two attached hydrogens (primary N) is 1. The molecule has 9 nitrogen and oxygen atoms in total. The third-order valence-electron chi connectivity index (χ3n) is 7.00. The van der Waals surface area contributed by atoms with Crippen LogP contribution in [-0.4, -0.2) is 48.8 Å². The number of halogens is 5. The van der Waals surface area contributed by atoms with E-state index in [2.05, 4.69) is 20.4 Å². The van der Waals surface area contributed by atoms with E-state index in [1.165, 1.54) is 0 Å². The lowest BCUT2D eigenvalue weighted by atomic mass is 9.87. The minimum atomic E-state index is -5.66. The molecule has 0 saturated carbocycles. The molecule has 0 fully saturated rings. The molecule has 0 bridgehead atoms. The maximum atomic E-state index is 13.5. The molecule has 1 aliphatic heterocycles. The number of nitrogens with zero attached hydrogens (tertiary/aromatic N) is 4. The number of aryl methyl sites for hydroxylation is 2. The van der Waals surface area contributed by atoms with Gasteiger partial charge in [0.2, 0.25) is 5.91 Å². The zero-order valence-electron chi connectivity index (χ0n) is 24.9. The standard InChI is InChI=1S/C20H19F5N6O.C6H12O2.C2H6.CH4/c1-9-4-5-10-11(8-9)31(7-6-19(21,22)20(23,24)25)30-13(10)16-27-14(26)12-15(28-16)29-17(32)18(12,2)3;1-4-6(2,3)5(7)8;1-2;/h4-5,8H,6-7H2,1-3H3,(H3,26,27,28,29,32);4H2,1-3H3,(H,7,8);1-2H3;1H4. The Morgan fingerprint density at radius 2 is 1.70 bits per heavy atom. The molecule has 4 rings (SSSR count). The average Bonchev–Trinajstić information content (AvgIpc) is 3.36. The van der Waals surface area contributed by atoms with E-state index < -0.39 is 41.9 Å². The second kappa shape index (κ2) is 13.2. The summed E-state index contributed by atoms with van der Waals surface area (Å²) >= 11 is 0. The summed E-state index contributed by atoms with van der Waals surface area (Å²) in [5.74, 6) is -5.62. The maximum Gasteiger partial charge on any atom is 0.453 e. The van der Waals surface area contributed by atoms with Crippen LogP contribution in [0.2, 0.25) is 0 Å². The Bertz CT molecular complexity index is 1470. The van der Waals surface area contributed by atoms with Crippen molar-refractivity contribution in [3.8, 4) is 11.5 Å². The molecule has 2 aromatic heterocycles. The molecule has 0 unspecified atom stereocenters. The number of carboxylic acids is 1. The molecule has 0 saturated heterocycles. The Balaban J connectivity index is 0.000000732. The molecule has 1 amide bonds. The van der Waals surface area contributed by atoms with E-state index in [0.717, 1.165) is 10.2 Å². The van der Waals surface area contributed by atoms with Gasteiger partial charge >= 0.3 is 18.1 Å². The number of fused-ring (bicyclic) bond motifs is 2.